The van der Waals surface area contributed by atoms with Crippen molar-refractivity contribution in [2.75, 3.05) is 12.3 Å². The molecular weight excluding hydrogens is 282 g/mol. The summed E-state index contributed by atoms with van der Waals surface area (Å²) in [6, 6.07) is 0. The van der Waals surface area contributed by atoms with E-state index >= 15 is 0 Å². The number of carbonyl (C=O) groups excluding carboxylic acids is 1. The summed E-state index contributed by atoms with van der Waals surface area (Å²) in [5.41, 5.74) is 5.87. The number of tetrazole rings is 1. The average Bonchev–Trinajstić information content (AvgIpc) is 2.82. The molecule has 0 unspecified atom stereocenters. The Hall–Kier alpha value is -2.23. The molecule has 2 N–H and O–H groups in total. The zero-order valence-corrected chi connectivity index (χ0v) is 11.8. The number of aromatic nitrogens is 6. The maximum atomic E-state index is 11.5. The Bertz CT molecular complexity index is 615. The number of rotatable bonds is 5. The molecule has 0 atom stereocenters. The number of hydrogen-bond donors (Lipinski definition) is 1. The number of aryl methyl sites for hydroxylation is 1. The number of nitrogens with two attached hydrogens (primary N) is 1. The summed E-state index contributed by atoms with van der Waals surface area (Å²) >= 11 is 1.30. The number of hydrogen-bond acceptors (Lipinski definition) is 9. The molecule has 2 aromatic heterocycles. The Labute approximate surface area is 118 Å². The largest absolute Gasteiger partial charge is 0.462 e. The first-order valence-electron chi connectivity index (χ1n) is 5.75. The lowest BCUT2D eigenvalue weighted by atomic mass is 10.3. The molecule has 0 spiro atoms. The van der Waals surface area contributed by atoms with Gasteiger partial charge in [-0.05, 0) is 12.1 Å². The number of nitrogen functional groups attached to an aromatic ring is 1. The number of ether oxygens (including phenoxy) is 1. The van der Waals surface area contributed by atoms with Gasteiger partial charge in [-0.2, -0.15) is 4.80 Å². The molecule has 2 rings (SSSR count). The van der Waals surface area contributed by atoms with Gasteiger partial charge in [-0.3, -0.25) is 0 Å². The predicted octanol–water partition coefficient (Wildman–Crippen LogP) is 0.0513. The number of nitrogens with zero attached hydrogens (tertiary/aromatic N) is 6. The van der Waals surface area contributed by atoms with Crippen LogP contribution in [0.15, 0.2) is 11.4 Å². The molecule has 0 aliphatic rings. The highest BCUT2D eigenvalue weighted by Gasteiger charge is 2.14. The summed E-state index contributed by atoms with van der Waals surface area (Å²) in [6.07, 6.45) is 1.35. The van der Waals surface area contributed by atoms with Crippen molar-refractivity contribution in [1.82, 2.24) is 30.2 Å². The van der Waals surface area contributed by atoms with E-state index < -0.39 is 5.97 Å². The summed E-state index contributed by atoms with van der Waals surface area (Å²) < 4.78 is 4.84. The molecule has 0 saturated heterocycles. The molecule has 9 nitrogen and oxygen atoms in total. The first-order chi connectivity index (χ1) is 9.60. The van der Waals surface area contributed by atoms with Gasteiger partial charge in [-0.15, -0.1) is 10.2 Å². The van der Waals surface area contributed by atoms with Crippen LogP contribution < -0.4 is 5.73 Å². The molecule has 0 amide bonds. The van der Waals surface area contributed by atoms with E-state index in [9.17, 15) is 4.79 Å². The van der Waals surface area contributed by atoms with Crippen LogP contribution >= 0.6 is 11.8 Å². The Morgan fingerprint density at radius 2 is 2.35 bits per heavy atom. The summed E-state index contributed by atoms with van der Waals surface area (Å²) in [5, 5.41) is 12.0. The smallest absolute Gasteiger partial charge is 0.343 e. The van der Waals surface area contributed by atoms with E-state index in [0.29, 0.717) is 16.7 Å². The fraction of sp³-hybridized carbons (Fsp3) is 0.400. The van der Waals surface area contributed by atoms with Crippen molar-refractivity contribution in [1.29, 1.82) is 0 Å². The lowest BCUT2D eigenvalue weighted by Crippen LogP contribution is -2.10. The first-order valence-corrected chi connectivity index (χ1v) is 6.74. The van der Waals surface area contributed by atoms with Crippen LogP contribution in [0.2, 0.25) is 0 Å². The molecule has 10 heteroatoms. The Morgan fingerprint density at radius 3 is 2.95 bits per heavy atom. The maximum Gasteiger partial charge on any atom is 0.343 e. The molecule has 0 saturated carbocycles. The summed E-state index contributed by atoms with van der Waals surface area (Å²) in [6.45, 7) is 1.99. The Morgan fingerprint density at radius 1 is 1.55 bits per heavy atom. The van der Waals surface area contributed by atoms with Crippen molar-refractivity contribution >= 4 is 23.5 Å². The second kappa shape index (κ2) is 6.28. The topological polar surface area (TPSA) is 122 Å². The summed E-state index contributed by atoms with van der Waals surface area (Å²) in [4.78, 5) is 21.0. The number of esters is 1. The molecule has 0 fully saturated rings. The van der Waals surface area contributed by atoms with Gasteiger partial charge in [-0.1, -0.05) is 11.8 Å². The van der Waals surface area contributed by atoms with Gasteiger partial charge >= 0.3 is 5.97 Å². The van der Waals surface area contributed by atoms with Crippen LogP contribution in [0.1, 0.15) is 23.1 Å². The van der Waals surface area contributed by atoms with Gasteiger partial charge in [-0.25, -0.2) is 14.8 Å². The molecule has 0 aliphatic carbocycles. The third-order valence-electron chi connectivity index (χ3n) is 2.17. The average molecular weight is 295 g/mol. The maximum absolute atomic E-state index is 11.5. The van der Waals surface area contributed by atoms with Crippen LogP contribution in [0.4, 0.5) is 5.82 Å². The van der Waals surface area contributed by atoms with Gasteiger partial charge in [0, 0.05) is 6.20 Å². The van der Waals surface area contributed by atoms with E-state index in [4.69, 9.17) is 10.5 Å². The van der Waals surface area contributed by atoms with Crippen molar-refractivity contribution < 1.29 is 9.53 Å². The van der Waals surface area contributed by atoms with Crippen molar-refractivity contribution in [2.45, 2.75) is 17.8 Å². The fourth-order valence-corrected chi connectivity index (χ4v) is 1.99. The van der Waals surface area contributed by atoms with Crippen molar-refractivity contribution in [2.24, 2.45) is 7.05 Å². The molecule has 2 heterocycles. The van der Waals surface area contributed by atoms with E-state index in [1.54, 1.807) is 14.0 Å². The lowest BCUT2D eigenvalue weighted by Gasteiger charge is -2.05. The van der Waals surface area contributed by atoms with Crippen molar-refractivity contribution in [3.05, 3.63) is 17.6 Å². The minimum Gasteiger partial charge on any atom is -0.462 e. The molecule has 2 aromatic rings. The zero-order chi connectivity index (χ0) is 14.5. The van der Waals surface area contributed by atoms with Crippen molar-refractivity contribution in [3.63, 3.8) is 0 Å². The van der Waals surface area contributed by atoms with Gasteiger partial charge in [0.1, 0.15) is 11.4 Å². The Kier molecular flexibility index (Phi) is 4.45. The lowest BCUT2D eigenvalue weighted by molar-refractivity contribution is 0.0526. The van der Waals surface area contributed by atoms with E-state index in [2.05, 4.69) is 25.4 Å². The highest BCUT2D eigenvalue weighted by Crippen LogP contribution is 2.19. The van der Waals surface area contributed by atoms with Crippen LogP contribution in [-0.2, 0) is 17.5 Å². The fourth-order valence-electron chi connectivity index (χ4n) is 1.32. The van der Waals surface area contributed by atoms with Crippen LogP contribution in [0, 0.1) is 0 Å². The highest BCUT2D eigenvalue weighted by molar-refractivity contribution is 7.98. The van der Waals surface area contributed by atoms with Gasteiger partial charge in [0.2, 0.25) is 0 Å². The molecule has 0 radical (unpaired) electrons. The van der Waals surface area contributed by atoms with Gasteiger partial charge in [0.05, 0.1) is 19.4 Å². The summed E-state index contributed by atoms with van der Waals surface area (Å²) in [7, 11) is 1.68. The van der Waals surface area contributed by atoms with E-state index in [1.165, 1.54) is 22.8 Å². The van der Waals surface area contributed by atoms with E-state index in [0.717, 1.165) is 0 Å². The molecule has 0 aliphatic heterocycles. The minimum atomic E-state index is -0.530. The number of carbonyl (C=O) groups is 1. The van der Waals surface area contributed by atoms with Gasteiger partial charge < -0.3 is 10.5 Å². The first kappa shape index (κ1) is 14.2. The van der Waals surface area contributed by atoms with Crippen LogP contribution in [0.25, 0.3) is 0 Å². The van der Waals surface area contributed by atoms with Gasteiger partial charge in [0.15, 0.2) is 11.0 Å². The molecule has 0 bridgehead atoms. The zero-order valence-electron chi connectivity index (χ0n) is 11.0. The van der Waals surface area contributed by atoms with Crippen molar-refractivity contribution in [3.8, 4) is 0 Å². The monoisotopic (exact) mass is 295 g/mol. The second-order valence-electron chi connectivity index (χ2n) is 3.66. The molecular formula is C10H13N7O2S. The second-order valence-corrected chi connectivity index (χ2v) is 4.60. The number of thioether (sulfide) groups is 1. The van der Waals surface area contributed by atoms with E-state index in [1.807, 2.05) is 0 Å². The number of anilines is 1. The quantitative estimate of drug-likeness (QED) is 0.463. The SMILES string of the molecule is CCOC(=O)c1cnc(SCc2nnn(C)n2)nc1N. The highest BCUT2D eigenvalue weighted by atomic mass is 32.2. The predicted molar refractivity (Wildman–Crippen MR) is 70.8 cm³/mol. The summed E-state index contributed by atoms with van der Waals surface area (Å²) in [5.74, 6) is 0.589. The van der Waals surface area contributed by atoms with Crippen LogP contribution in [-0.4, -0.2) is 42.8 Å². The molecule has 0 aromatic carbocycles. The van der Waals surface area contributed by atoms with E-state index in [-0.39, 0.29) is 18.0 Å². The van der Waals surface area contributed by atoms with Crippen LogP contribution in [0.5, 0.6) is 0 Å². The third-order valence-corrected chi connectivity index (χ3v) is 3.03. The molecule has 106 valence electrons. The standard InChI is InChI=1S/C10H13N7O2S/c1-3-19-9(18)6-4-12-10(13-8(6)11)20-5-7-14-16-17(2)15-7/h4H,3,5H2,1-2H3,(H2,11,12,13). The third kappa shape index (κ3) is 3.41. The van der Waals surface area contributed by atoms with Gasteiger partial charge in [0.25, 0.3) is 0 Å². The molecule has 20 heavy (non-hydrogen) atoms. The minimum absolute atomic E-state index is 0.0908. The van der Waals surface area contributed by atoms with Crippen LogP contribution in [0.3, 0.4) is 0 Å². The Balaban J connectivity index is 2.03. The normalized spacial score (nSPS) is 10.5.